The Bertz CT molecular complexity index is 741. The number of furan rings is 1. The lowest BCUT2D eigenvalue weighted by Gasteiger charge is -2.13. The first-order valence-corrected chi connectivity index (χ1v) is 6.06. The second-order valence-electron chi connectivity index (χ2n) is 4.56. The zero-order valence-corrected chi connectivity index (χ0v) is 10.4. The topological polar surface area (TPSA) is 97.7 Å². The van der Waals surface area contributed by atoms with Crippen LogP contribution in [0.3, 0.4) is 0 Å². The predicted octanol–water partition coefficient (Wildman–Crippen LogP) is -0.389. The first-order chi connectivity index (χ1) is 9.62. The van der Waals surface area contributed by atoms with Crippen molar-refractivity contribution in [2.24, 2.45) is 0 Å². The molecule has 0 radical (unpaired) electrons. The molecule has 0 spiro atoms. The Balaban J connectivity index is 2.02. The molecule has 1 aliphatic rings. The van der Waals surface area contributed by atoms with Gasteiger partial charge in [0.05, 0.1) is 18.1 Å². The van der Waals surface area contributed by atoms with E-state index in [4.69, 9.17) is 20.7 Å². The molecule has 2 aromatic rings. The fourth-order valence-electron chi connectivity index (χ4n) is 2.25. The minimum absolute atomic E-state index is 0.163. The molecule has 0 aliphatic carbocycles. The van der Waals surface area contributed by atoms with Crippen molar-refractivity contribution in [2.75, 3.05) is 6.61 Å². The Labute approximate surface area is 113 Å². The quantitative estimate of drug-likeness (QED) is 0.725. The summed E-state index contributed by atoms with van der Waals surface area (Å²) in [4.78, 5) is 15.7. The molecule has 1 fully saturated rings. The Kier molecular flexibility index (Phi) is 3.06. The van der Waals surface area contributed by atoms with Gasteiger partial charge in [-0.1, -0.05) is 0 Å². The van der Waals surface area contributed by atoms with E-state index in [-0.39, 0.29) is 24.5 Å². The maximum atomic E-state index is 11.9. The molecule has 3 rings (SSSR count). The van der Waals surface area contributed by atoms with Crippen molar-refractivity contribution in [3.63, 3.8) is 0 Å². The van der Waals surface area contributed by atoms with Crippen LogP contribution in [-0.4, -0.2) is 38.6 Å². The van der Waals surface area contributed by atoms with Gasteiger partial charge in [-0.05, 0) is 5.92 Å². The summed E-state index contributed by atoms with van der Waals surface area (Å²) in [5.41, 5.74) is -0.400. The van der Waals surface area contributed by atoms with E-state index in [0.29, 0.717) is 5.39 Å². The van der Waals surface area contributed by atoms with Crippen LogP contribution in [0.2, 0.25) is 0 Å². The van der Waals surface area contributed by atoms with Crippen molar-refractivity contribution in [1.82, 2.24) is 9.55 Å². The van der Waals surface area contributed by atoms with Crippen molar-refractivity contribution in [2.45, 2.75) is 24.9 Å². The maximum absolute atomic E-state index is 11.9. The number of aliphatic hydroxyl groups excluding tert-OH is 2. The number of rotatable bonds is 2. The number of hydrogen-bond acceptors (Lipinski definition) is 6. The maximum Gasteiger partial charge on any atom is 0.353 e. The number of ether oxygens (including phenoxy) is 1. The molecule has 0 bridgehead atoms. The summed E-state index contributed by atoms with van der Waals surface area (Å²) in [6.45, 7) is -0.310. The molecule has 1 saturated heterocycles. The van der Waals surface area contributed by atoms with Gasteiger partial charge in [-0.25, -0.2) is 4.79 Å². The van der Waals surface area contributed by atoms with E-state index in [0.717, 1.165) is 0 Å². The average Bonchev–Trinajstić information content (AvgIpc) is 3.00. The van der Waals surface area contributed by atoms with Crippen molar-refractivity contribution in [3.8, 4) is 12.3 Å². The van der Waals surface area contributed by atoms with Gasteiger partial charge in [-0.2, -0.15) is 4.98 Å². The van der Waals surface area contributed by atoms with E-state index < -0.39 is 24.1 Å². The number of fused-ring (bicyclic) bond motifs is 1. The molecule has 7 nitrogen and oxygen atoms in total. The third-order valence-corrected chi connectivity index (χ3v) is 3.27. The second-order valence-corrected chi connectivity index (χ2v) is 4.56. The van der Waals surface area contributed by atoms with Gasteiger partial charge in [0, 0.05) is 18.7 Å². The Morgan fingerprint density at radius 1 is 1.60 bits per heavy atom. The summed E-state index contributed by atoms with van der Waals surface area (Å²) < 4.78 is 11.9. The average molecular weight is 276 g/mol. The molecule has 7 heteroatoms. The van der Waals surface area contributed by atoms with Gasteiger partial charge in [0.15, 0.2) is 5.76 Å². The Morgan fingerprint density at radius 3 is 3.05 bits per heavy atom. The van der Waals surface area contributed by atoms with Crippen LogP contribution in [0.4, 0.5) is 0 Å². The van der Waals surface area contributed by atoms with Crippen LogP contribution in [0.15, 0.2) is 21.5 Å². The minimum atomic E-state index is -0.821. The molecule has 3 heterocycles. The molecule has 20 heavy (non-hydrogen) atoms. The number of nitrogens with zero attached hydrogens (tertiary/aromatic N) is 2. The molecule has 0 aromatic carbocycles. The highest BCUT2D eigenvalue weighted by Crippen LogP contribution is 2.28. The zero-order chi connectivity index (χ0) is 14.3. The van der Waals surface area contributed by atoms with Crippen LogP contribution in [0.25, 0.3) is 11.1 Å². The summed E-state index contributed by atoms with van der Waals surface area (Å²) in [7, 11) is 0. The molecule has 3 atom stereocenters. The normalized spacial score (nSPS) is 25.9. The largest absolute Gasteiger partial charge is 0.429 e. The van der Waals surface area contributed by atoms with Gasteiger partial charge in [0.2, 0.25) is 5.71 Å². The summed E-state index contributed by atoms with van der Waals surface area (Å²) in [6.07, 6.45) is 4.76. The lowest BCUT2D eigenvalue weighted by molar-refractivity contribution is -0.0457. The Hall–Kier alpha value is -2.14. The summed E-state index contributed by atoms with van der Waals surface area (Å²) in [5, 5.41) is 19.3. The molecule has 0 unspecified atom stereocenters. The first-order valence-electron chi connectivity index (χ1n) is 6.06. The molecule has 2 N–H and O–H groups in total. The van der Waals surface area contributed by atoms with E-state index in [1.54, 1.807) is 6.07 Å². The van der Waals surface area contributed by atoms with Gasteiger partial charge < -0.3 is 19.4 Å². The lowest BCUT2D eigenvalue weighted by Crippen LogP contribution is -2.27. The fraction of sp³-hybridized carbons (Fsp3) is 0.385. The van der Waals surface area contributed by atoms with E-state index in [1.165, 1.54) is 10.8 Å². The highest BCUT2D eigenvalue weighted by Gasteiger charge is 2.35. The molecule has 104 valence electrons. The minimum Gasteiger partial charge on any atom is -0.429 e. The lowest BCUT2D eigenvalue weighted by atomic mass is 10.2. The van der Waals surface area contributed by atoms with Crippen LogP contribution in [0.5, 0.6) is 0 Å². The van der Waals surface area contributed by atoms with Crippen LogP contribution < -0.4 is 5.69 Å². The number of aliphatic hydroxyl groups is 2. The first kappa shape index (κ1) is 12.9. The van der Waals surface area contributed by atoms with E-state index in [9.17, 15) is 9.90 Å². The highest BCUT2D eigenvalue weighted by molar-refractivity contribution is 5.73. The SMILES string of the molecule is C#Cc1cc2cn([C@H]3C[C@H](O)[C@@H](CO)O3)c(=O)nc2o1. The van der Waals surface area contributed by atoms with Gasteiger partial charge >= 0.3 is 5.69 Å². The molecule has 1 aliphatic heterocycles. The second kappa shape index (κ2) is 4.76. The molecular formula is C13H12N2O5. The molecule has 0 saturated carbocycles. The van der Waals surface area contributed by atoms with Crippen LogP contribution in [-0.2, 0) is 4.74 Å². The molecular weight excluding hydrogens is 264 g/mol. The third-order valence-electron chi connectivity index (χ3n) is 3.27. The molecule has 0 amide bonds. The van der Waals surface area contributed by atoms with Gasteiger partial charge in [0.25, 0.3) is 0 Å². The highest BCUT2D eigenvalue weighted by atomic mass is 16.5. The third kappa shape index (κ3) is 2.00. The molecule has 2 aromatic heterocycles. The number of hydrogen-bond donors (Lipinski definition) is 2. The monoisotopic (exact) mass is 276 g/mol. The number of terminal acetylenes is 1. The number of aromatic nitrogens is 2. The fourth-order valence-corrected chi connectivity index (χ4v) is 2.25. The predicted molar refractivity (Wildman–Crippen MR) is 67.8 cm³/mol. The smallest absolute Gasteiger partial charge is 0.353 e. The van der Waals surface area contributed by atoms with Gasteiger partial charge in [-0.15, -0.1) is 6.42 Å². The van der Waals surface area contributed by atoms with Crippen molar-refractivity contribution in [1.29, 1.82) is 0 Å². The van der Waals surface area contributed by atoms with Crippen LogP contribution in [0.1, 0.15) is 18.4 Å². The zero-order valence-electron chi connectivity index (χ0n) is 10.4. The van der Waals surface area contributed by atoms with Crippen molar-refractivity contribution >= 4 is 11.1 Å². The van der Waals surface area contributed by atoms with E-state index >= 15 is 0 Å². The van der Waals surface area contributed by atoms with Crippen molar-refractivity contribution < 1.29 is 19.4 Å². The van der Waals surface area contributed by atoms with Gasteiger partial charge in [0.1, 0.15) is 12.3 Å². The summed E-state index contributed by atoms with van der Waals surface area (Å²) in [6, 6.07) is 1.59. The standard InChI is InChI=1S/C13H12N2O5/c1-2-8-3-7-5-15(13(18)14-12(7)19-8)11-4-9(17)10(6-16)20-11/h1,3,5,9-11,16-17H,4,6H2/t9-,10+,11+/m0/s1. The van der Waals surface area contributed by atoms with Crippen LogP contribution >= 0.6 is 0 Å². The van der Waals surface area contributed by atoms with Crippen molar-refractivity contribution in [3.05, 3.63) is 28.5 Å². The van der Waals surface area contributed by atoms with Gasteiger partial charge in [-0.3, -0.25) is 4.57 Å². The summed E-state index contributed by atoms with van der Waals surface area (Å²) in [5.74, 6) is 2.61. The summed E-state index contributed by atoms with van der Waals surface area (Å²) >= 11 is 0. The van der Waals surface area contributed by atoms with Crippen LogP contribution in [0, 0.1) is 12.3 Å². The van der Waals surface area contributed by atoms with E-state index in [1.807, 2.05) is 0 Å². The van der Waals surface area contributed by atoms with E-state index in [2.05, 4.69) is 10.9 Å². The Morgan fingerprint density at radius 2 is 2.40 bits per heavy atom.